The van der Waals surface area contributed by atoms with E-state index in [-0.39, 0.29) is 44.5 Å². The van der Waals surface area contributed by atoms with Gasteiger partial charge in [-0.25, -0.2) is 8.78 Å². The maximum atomic E-state index is 14.0. The monoisotopic (exact) mass is 310 g/mol. The van der Waals surface area contributed by atoms with Gasteiger partial charge in [0.2, 0.25) is 5.91 Å². The van der Waals surface area contributed by atoms with Crippen LogP contribution < -0.4 is 0 Å². The quantitative estimate of drug-likeness (QED) is 0.839. The SMILES string of the molecule is O=C(C1CC1)N1CCC(F)(F)C(COCc2cccnc2)C1. The Morgan fingerprint density at radius 1 is 1.45 bits per heavy atom. The van der Waals surface area contributed by atoms with Gasteiger partial charge in [-0.3, -0.25) is 9.78 Å². The van der Waals surface area contributed by atoms with Crippen LogP contribution in [0.1, 0.15) is 24.8 Å². The molecule has 1 atom stereocenters. The molecule has 1 aliphatic carbocycles. The third kappa shape index (κ3) is 3.61. The molecule has 120 valence electrons. The summed E-state index contributed by atoms with van der Waals surface area (Å²) in [5.74, 6) is -3.59. The van der Waals surface area contributed by atoms with Gasteiger partial charge in [0.05, 0.1) is 19.1 Å². The topological polar surface area (TPSA) is 42.4 Å². The van der Waals surface area contributed by atoms with Crippen molar-refractivity contribution in [3.8, 4) is 0 Å². The molecule has 6 heteroatoms. The Morgan fingerprint density at radius 2 is 2.27 bits per heavy atom. The average Bonchev–Trinajstić information content (AvgIpc) is 3.34. The van der Waals surface area contributed by atoms with Crippen molar-refractivity contribution in [1.29, 1.82) is 0 Å². The zero-order chi connectivity index (χ0) is 15.6. The number of hydrogen-bond acceptors (Lipinski definition) is 3. The molecule has 1 aliphatic heterocycles. The lowest BCUT2D eigenvalue weighted by Crippen LogP contribution is -2.51. The van der Waals surface area contributed by atoms with Crippen molar-refractivity contribution < 1.29 is 18.3 Å². The van der Waals surface area contributed by atoms with E-state index < -0.39 is 11.8 Å². The first-order valence-electron chi connectivity index (χ1n) is 7.69. The van der Waals surface area contributed by atoms with Gasteiger partial charge in [-0.2, -0.15) is 0 Å². The summed E-state index contributed by atoms with van der Waals surface area (Å²) in [5.41, 5.74) is 0.854. The fourth-order valence-corrected chi connectivity index (χ4v) is 2.74. The molecule has 1 unspecified atom stereocenters. The summed E-state index contributed by atoms with van der Waals surface area (Å²) >= 11 is 0. The van der Waals surface area contributed by atoms with E-state index in [1.54, 1.807) is 23.4 Å². The van der Waals surface area contributed by atoms with Crippen LogP contribution in [0, 0.1) is 11.8 Å². The highest BCUT2D eigenvalue weighted by Crippen LogP contribution is 2.37. The fraction of sp³-hybridized carbons (Fsp3) is 0.625. The van der Waals surface area contributed by atoms with Crippen LogP contribution >= 0.6 is 0 Å². The number of halogens is 2. The fourth-order valence-electron chi connectivity index (χ4n) is 2.74. The van der Waals surface area contributed by atoms with Crippen molar-refractivity contribution in [3.05, 3.63) is 30.1 Å². The number of alkyl halides is 2. The molecule has 0 N–H and O–H groups in total. The zero-order valence-electron chi connectivity index (χ0n) is 12.4. The highest BCUT2D eigenvalue weighted by atomic mass is 19.3. The summed E-state index contributed by atoms with van der Waals surface area (Å²) in [5, 5.41) is 0. The van der Waals surface area contributed by atoms with E-state index in [4.69, 9.17) is 4.74 Å². The molecule has 1 saturated heterocycles. The molecule has 0 spiro atoms. The van der Waals surface area contributed by atoms with E-state index in [9.17, 15) is 13.6 Å². The van der Waals surface area contributed by atoms with Gasteiger partial charge in [0.25, 0.3) is 5.92 Å². The molecule has 1 aromatic rings. The third-order valence-electron chi connectivity index (χ3n) is 4.30. The normalized spacial score (nSPS) is 24.3. The second-order valence-corrected chi connectivity index (χ2v) is 6.14. The number of aromatic nitrogens is 1. The molecule has 2 heterocycles. The second kappa shape index (κ2) is 6.28. The Morgan fingerprint density at radius 3 is 2.95 bits per heavy atom. The lowest BCUT2D eigenvalue weighted by atomic mass is 9.94. The van der Waals surface area contributed by atoms with E-state index >= 15 is 0 Å². The lowest BCUT2D eigenvalue weighted by Gasteiger charge is -2.38. The lowest BCUT2D eigenvalue weighted by molar-refractivity contribution is -0.153. The second-order valence-electron chi connectivity index (χ2n) is 6.14. The van der Waals surface area contributed by atoms with Gasteiger partial charge in [0.1, 0.15) is 0 Å². The number of carbonyl (C=O) groups excluding carboxylic acids is 1. The van der Waals surface area contributed by atoms with E-state index in [0.29, 0.717) is 0 Å². The first kappa shape index (κ1) is 15.3. The zero-order valence-corrected chi connectivity index (χ0v) is 12.4. The summed E-state index contributed by atoms with van der Waals surface area (Å²) in [6.45, 7) is 0.462. The minimum absolute atomic E-state index is 0.0350. The Hall–Kier alpha value is -1.56. The van der Waals surface area contributed by atoms with Crippen LogP contribution in [-0.4, -0.2) is 41.4 Å². The largest absolute Gasteiger partial charge is 0.376 e. The standard InChI is InChI=1S/C16H20F2N2O2/c17-16(18)5-7-20(15(21)13-3-4-13)9-14(16)11-22-10-12-2-1-6-19-8-12/h1-2,6,8,13-14H,3-5,7,9-11H2. The Bertz CT molecular complexity index is 520. The van der Waals surface area contributed by atoms with Crippen molar-refractivity contribution in [2.45, 2.75) is 31.8 Å². The first-order valence-corrected chi connectivity index (χ1v) is 7.69. The molecule has 1 aromatic heterocycles. The van der Waals surface area contributed by atoms with E-state index in [1.807, 2.05) is 6.07 Å². The van der Waals surface area contributed by atoms with Crippen molar-refractivity contribution >= 4 is 5.91 Å². The van der Waals surface area contributed by atoms with E-state index in [0.717, 1.165) is 18.4 Å². The summed E-state index contributed by atoms with van der Waals surface area (Å²) < 4.78 is 33.5. The maximum Gasteiger partial charge on any atom is 0.256 e. The number of nitrogens with zero attached hydrogens (tertiary/aromatic N) is 2. The molecule has 2 aliphatic rings. The van der Waals surface area contributed by atoms with Crippen molar-refractivity contribution in [3.63, 3.8) is 0 Å². The van der Waals surface area contributed by atoms with Crippen LogP contribution in [0.5, 0.6) is 0 Å². The van der Waals surface area contributed by atoms with Crippen LogP contribution in [0.2, 0.25) is 0 Å². The Balaban J connectivity index is 1.53. The number of carbonyl (C=O) groups is 1. The van der Waals surface area contributed by atoms with Gasteiger partial charge >= 0.3 is 0 Å². The van der Waals surface area contributed by atoms with E-state index in [2.05, 4.69) is 4.98 Å². The molecule has 0 aromatic carbocycles. The first-order chi connectivity index (χ1) is 10.6. The Kier molecular flexibility index (Phi) is 4.38. The third-order valence-corrected chi connectivity index (χ3v) is 4.30. The molecule has 0 bridgehead atoms. The van der Waals surface area contributed by atoms with Crippen molar-refractivity contribution in [2.75, 3.05) is 19.7 Å². The van der Waals surface area contributed by atoms with Crippen LogP contribution in [-0.2, 0) is 16.1 Å². The maximum absolute atomic E-state index is 14.0. The smallest absolute Gasteiger partial charge is 0.256 e. The van der Waals surface area contributed by atoms with Gasteiger partial charge in [0.15, 0.2) is 0 Å². The van der Waals surface area contributed by atoms with Gasteiger partial charge in [-0.15, -0.1) is 0 Å². The number of hydrogen-bond donors (Lipinski definition) is 0. The molecule has 4 nitrogen and oxygen atoms in total. The summed E-state index contributed by atoms with van der Waals surface area (Å²) in [7, 11) is 0. The molecule has 22 heavy (non-hydrogen) atoms. The number of piperidine rings is 1. The highest BCUT2D eigenvalue weighted by molar-refractivity contribution is 5.81. The van der Waals surface area contributed by atoms with Crippen LogP contribution in [0.25, 0.3) is 0 Å². The minimum Gasteiger partial charge on any atom is -0.376 e. The van der Waals surface area contributed by atoms with Crippen molar-refractivity contribution in [2.24, 2.45) is 11.8 Å². The molecular weight excluding hydrogens is 290 g/mol. The predicted octanol–water partition coefficient (Wildman–Crippen LogP) is 2.49. The average molecular weight is 310 g/mol. The molecule has 3 rings (SSSR count). The minimum atomic E-state index is -2.77. The number of ether oxygens (including phenoxy) is 1. The predicted molar refractivity (Wildman–Crippen MR) is 76.3 cm³/mol. The number of amides is 1. The number of pyridine rings is 1. The molecule has 2 fully saturated rings. The molecule has 0 radical (unpaired) electrons. The summed E-state index contributed by atoms with van der Waals surface area (Å²) in [6, 6.07) is 3.62. The van der Waals surface area contributed by atoms with Crippen LogP contribution in [0.3, 0.4) is 0 Å². The van der Waals surface area contributed by atoms with Gasteiger partial charge in [-0.05, 0) is 24.5 Å². The van der Waals surface area contributed by atoms with Crippen molar-refractivity contribution in [1.82, 2.24) is 9.88 Å². The van der Waals surface area contributed by atoms with Gasteiger partial charge in [-0.1, -0.05) is 6.07 Å². The molecular formula is C16H20F2N2O2. The summed E-state index contributed by atoms with van der Waals surface area (Å²) in [6.07, 6.45) is 4.83. The highest BCUT2D eigenvalue weighted by Gasteiger charge is 2.46. The molecule has 1 amide bonds. The number of rotatable bonds is 5. The summed E-state index contributed by atoms with van der Waals surface area (Å²) in [4.78, 5) is 17.6. The molecule has 1 saturated carbocycles. The van der Waals surface area contributed by atoms with Gasteiger partial charge in [0, 0.05) is 37.8 Å². The van der Waals surface area contributed by atoms with Crippen LogP contribution in [0.4, 0.5) is 8.78 Å². The van der Waals surface area contributed by atoms with Crippen LogP contribution in [0.15, 0.2) is 24.5 Å². The van der Waals surface area contributed by atoms with E-state index in [1.165, 1.54) is 0 Å². The Labute approximate surface area is 128 Å². The number of likely N-dealkylation sites (tertiary alicyclic amines) is 1. The van der Waals surface area contributed by atoms with Gasteiger partial charge < -0.3 is 9.64 Å².